The molecule has 0 spiro atoms. The van der Waals surface area contributed by atoms with Gasteiger partial charge in [0.1, 0.15) is 10.8 Å². The first-order chi connectivity index (χ1) is 12.4. The standard InChI is InChI=1S/C18H25N3O3S2/c1-14-6-4-5-7-18(14)20-8-10-21(11-9-20)26(22,23)13-25-12-17-15(2)19-24-16(17)3/h4-7H,8-13H2,1-3H3. The molecular formula is C18H25N3O3S2. The average molecular weight is 396 g/mol. The van der Waals surface area contributed by atoms with Crippen LogP contribution in [0.1, 0.15) is 22.6 Å². The SMILES string of the molecule is Cc1ccccc1N1CCN(S(=O)(=O)CSCc2c(C)noc2C)CC1. The summed E-state index contributed by atoms with van der Waals surface area (Å²) in [5.41, 5.74) is 4.24. The first-order valence-corrected chi connectivity index (χ1v) is 11.4. The van der Waals surface area contributed by atoms with Crippen LogP contribution >= 0.6 is 11.8 Å². The van der Waals surface area contributed by atoms with E-state index < -0.39 is 10.0 Å². The third kappa shape index (κ3) is 4.24. The lowest BCUT2D eigenvalue weighted by molar-refractivity contribution is 0.387. The maximum atomic E-state index is 12.6. The number of hydrogen-bond acceptors (Lipinski definition) is 6. The largest absolute Gasteiger partial charge is 0.369 e. The van der Waals surface area contributed by atoms with Crippen molar-refractivity contribution in [3.05, 3.63) is 46.8 Å². The monoisotopic (exact) mass is 395 g/mol. The molecule has 3 rings (SSSR count). The molecule has 0 N–H and O–H groups in total. The van der Waals surface area contributed by atoms with Gasteiger partial charge in [-0.15, -0.1) is 11.8 Å². The molecule has 0 atom stereocenters. The Hall–Kier alpha value is -1.51. The summed E-state index contributed by atoms with van der Waals surface area (Å²) in [7, 11) is -3.26. The van der Waals surface area contributed by atoms with E-state index in [0.717, 1.165) is 30.1 Å². The first kappa shape index (κ1) is 19.3. The van der Waals surface area contributed by atoms with Gasteiger partial charge in [0, 0.05) is 43.2 Å². The van der Waals surface area contributed by atoms with E-state index in [-0.39, 0.29) is 5.08 Å². The summed E-state index contributed by atoms with van der Waals surface area (Å²) < 4.78 is 32.0. The molecule has 142 valence electrons. The Labute approximate surface area is 159 Å². The molecule has 1 aromatic carbocycles. The second kappa shape index (κ2) is 8.02. The second-order valence-electron chi connectivity index (χ2n) is 6.55. The lowest BCUT2D eigenvalue weighted by Gasteiger charge is -2.36. The van der Waals surface area contributed by atoms with Crippen molar-refractivity contribution in [2.75, 3.05) is 36.2 Å². The Morgan fingerprint density at radius 2 is 1.81 bits per heavy atom. The second-order valence-corrected chi connectivity index (χ2v) is 9.87. The van der Waals surface area contributed by atoms with Gasteiger partial charge in [-0.3, -0.25) is 0 Å². The predicted octanol–water partition coefficient (Wildman–Crippen LogP) is 2.94. The number of aryl methyl sites for hydroxylation is 3. The van der Waals surface area contributed by atoms with Crippen molar-refractivity contribution < 1.29 is 12.9 Å². The highest BCUT2D eigenvalue weighted by atomic mass is 32.3. The van der Waals surface area contributed by atoms with Crippen molar-refractivity contribution >= 4 is 27.5 Å². The number of benzene rings is 1. The summed E-state index contributed by atoms with van der Waals surface area (Å²) in [4.78, 5) is 2.26. The van der Waals surface area contributed by atoms with Gasteiger partial charge in [0.15, 0.2) is 0 Å². The number of thioether (sulfide) groups is 1. The zero-order valence-electron chi connectivity index (χ0n) is 15.4. The van der Waals surface area contributed by atoms with Gasteiger partial charge < -0.3 is 9.42 Å². The Morgan fingerprint density at radius 1 is 1.12 bits per heavy atom. The summed E-state index contributed by atoms with van der Waals surface area (Å²) in [5.74, 6) is 1.36. The highest BCUT2D eigenvalue weighted by Crippen LogP contribution is 2.24. The fourth-order valence-corrected chi connectivity index (χ4v) is 6.26. The Balaban J connectivity index is 1.54. The zero-order valence-corrected chi connectivity index (χ0v) is 17.1. The molecule has 2 heterocycles. The van der Waals surface area contributed by atoms with Crippen LogP contribution in [0.25, 0.3) is 0 Å². The lowest BCUT2D eigenvalue weighted by atomic mass is 10.1. The third-order valence-electron chi connectivity index (χ3n) is 4.75. The molecule has 0 unspecified atom stereocenters. The van der Waals surface area contributed by atoms with E-state index in [4.69, 9.17) is 4.52 Å². The molecule has 0 amide bonds. The molecule has 1 aromatic heterocycles. The van der Waals surface area contributed by atoms with E-state index in [1.807, 2.05) is 26.0 Å². The molecule has 0 saturated carbocycles. The van der Waals surface area contributed by atoms with E-state index in [0.29, 0.717) is 18.8 Å². The molecule has 0 bridgehead atoms. The molecule has 26 heavy (non-hydrogen) atoms. The first-order valence-electron chi connectivity index (χ1n) is 8.66. The van der Waals surface area contributed by atoms with Gasteiger partial charge in [-0.2, -0.15) is 4.31 Å². The normalized spacial score (nSPS) is 16.2. The molecule has 1 aliphatic rings. The predicted molar refractivity (Wildman–Crippen MR) is 106 cm³/mol. The summed E-state index contributed by atoms with van der Waals surface area (Å²) >= 11 is 1.40. The Morgan fingerprint density at radius 3 is 2.42 bits per heavy atom. The maximum absolute atomic E-state index is 12.6. The minimum absolute atomic E-state index is 0.0847. The summed E-state index contributed by atoms with van der Waals surface area (Å²) in [6.07, 6.45) is 0. The molecule has 0 aliphatic carbocycles. The molecule has 1 saturated heterocycles. The number of anilines is 1. The lowest BCUT2D eigenvalue weighted by Crippen LogP contribution is -2.49. The number of nitrogens with zero attached hydrogens (tertiary/aromatic N) is 3. The Kier molecular flexibility index (Phi) is 5.94. The molecule has 1 aliphatic heterocycles. The van der Waals surface area contributed by atoms with E-state index in [2.05, 4.69) is 29.1 Å². The van der Waals surface area contributed by atoms with Gasteiger partial charge >= 0.3 is 0 Å². The maximum Gasteiger partial charge on any atom is 0.223 e. The van der Waals surface area contributed by atoms with Crippen molar-refractivity contribution in [2.24, 2.45) is 0 Å². The van der Waals surface area contributed by atoms with Crippen molar-refractivity contribution in [3.8, 4) is 0 Å². The fraction of sp³-hybridized carbons (Fsp3) is 0.500. The van der Waals surface area contributed by atoms with Crippen LogP contribution < -0.4 is 4.90 Å². The van der Waals surface area contributed by atoms with Gasteiger partial charge in [0.25, 0.3) is 0 Å². The smallest absolute Gasteiger partial charge is 0.223 e. The number of para-hydroxylation sites is 1. The van der Waals surface area contributed by atoms with E-state index in [1.165, 1.54) is 23.0 Å². The molecule has 6 nitrogen and oxygen atoms in total. The van der Waals surface area contributed by atoms with Crippen LogP contribution in [-0.4, -0.2) is 49.1 Å². The molecule has 1 fully saturated rings. The topological polar surface area (TPSA) is 66.7 Å². The number of piperazine rings is 1. The molecule has 2 aromatic rings. The van der Waals surface area contributed by atoms with E-state index in [9.17, 15) is 8.42 Å². The highest BCUT2D eigenvalue weighted by molar-refractivity contribution is 8.11. The minimum atomic E-state index is -3.26. The van der Waals surface area contributed by atoms with Crippen molar-refractivity contribution in [1.82, 2.24) is 9.46 Å². The van der Waals surface area contributed by atoms with Crippen LogP contribution in [0.4, 0.5) is 5.69 Å². The quantitative estimate of drug-likeness (QED) is 0.749. The third-order valence-corrected chi connectivity index (χ3v) is 8.25. The van der Waals surface area contributed by atoms with E-state index in [1.54, 1.807) is 4.31 Å². The minimum Gasteiger partial charge on any atom is -0.369 e. The average Bonchev–Trinajstić information content (AvgIpc) is 2.94. The van der Waals surface area contributed by atoms with Gasteiger partial charge in [-0.05, 0) is 32.4 Å². The molecular weight excluding hydrogens is 370 g/mol. The van der Waals surface area contributed by atoms with Crippen LogP contribution in [-0.2, 0) is 15.8 Å². The van der Waals surface area contributed by atoms with Gasteiger partial charge in [0.05, 0.1) is 5.69 Å². The van der Waals surface area contributed by atoms with Gasteiger partial charge in [0.2, 0.25) is 10.0 Å². The highest BCUT2D eigenvalue weighted by Gasteiger charge is 2.27. The van der Waals surface area contributed by atoms with Gasteiger partial charge in [-0.25, -0.2) is 8.42 Å². The number of sulfonamides is 1. The van der Waals surface area contributed by atoms with Gasteiger partial charge in [-0.1, -0.05) is 23.4 Å². The van der Waals surface area contributed by atoms with Crippen LogP contribution in [0.2, 0.25) is 0 Å². The molecule has 0 radical (unpaired) electrons. The van der Waals surface area contributed by atoms with Crippen molar-refractivity contribution in [2.45, 2.75) is 26.5 Å². The number of aromatic nitrogens is 1. The summed E-state index contributed by atoms with van der Waals surface area (Å²) in [6, 6.07) is 8.23. The van der Waals surface area contributed by atoms with Crippen LogP contribution in [0, 0.1) is 20.8 Å². The molecule has 8 heteroatoms. The Bertz CT molecular complexity index is 837. The van der Waals surface area contributed by atoms with E-state index >= 15 is 0 Å². The summed E-state index contributed by atoms with van der Waals surface area (Å²) in [6.45, 7) is 8.33. The van der Waals surface area contributed by atoms with Crippen LogP contribution in [0.15, 0.2) is 28.8 Å². The number of rotatable bonds is 6. The van der Waals surface area contributed by atoms with Crippen LogP contribution in [0.3, 0.4) is 0 Å². The fourth-order valence-electron chi connectivity index (χ4n) is 3.16. The van der Waals surface area contributed by atoms with Crippen LogP contribution in [0.5, 0.6) is 0 Å². The van der Waals surface area contributed by atoms with Crippen molar-refractivity contribution in [3.63, 3.8) is 0 Å². The number of hydrogen-bond donors (Lipinski definition) is 0. The zero-order chi connectivity index (χ0) is 18.7. The van der Waals surface area contributed by atoms with Crippen molar-refractivity contribution in [1.29, 1.82) is 0 Å². The summed E-state index contributed by atoms with van der Waals surface area (Å²) in [5, 5.41) is 4.00.